The van der Waals surface area contributed by atoms with Crippen LogP contribution in [0.1, 0.15) is 39.2 Å². The molecule has 0 fully saturated rings. The second-order valence-electron chi connectivity index (χ2n) is 4.25. The molecule has 0 saturated carbocycles. The maximum atomic E-state index is 12.9. The Morgan fingerprint density at radius 2 is 1.93 bits per heavy atom. The standard InChI is InChI=1S/C13H20FN/c1-4-13(3,5-2)15-10-11-7-6-8-12(14)9-11/h6-9,15H,4-5,10H2,1-3H3. The van der Waals surface area contributed by atoms with Crippen LogP contribution in [0.15, 0.2) is 24.3 Å². The highest BCUT2D eigenvalue weighted by Gasteiger charge is 2.17. The first-order valence-electron chi connectivity index (χ1n) is 5.59. The molecule has 0 aliphatic rings. The first-order valence-corrected chi connectivity index (χ1v) is 5.59. The molecule has 0 unspecified atom stereocenters. The van der Waals surface area contributed by atoms with Crippen molar-refractivity contribution in [3.63, 3.8) is 0 Å². The molecule has 1 rings (SSSR count). The molecule has 2 heteroatoms. The third-order valence-corrected chi connectivity index (χ3v) is 3.17. The Morgan fingerprint density at radius 1 is 1.27 bits per heavy atom. The Labute approximate surface area is 91.7 Å². The van der Waals surface area contributed by atoms with Crippen molar-refractivity contribution in [3.05, 3.63) is 35.6 Å². The van der Waals surface area contributed by atoms with E-state index in [2.05, 4.69) is 26.1 Å². The molecule has 1 aromatic rings. The van der Waals surface area contributed by atoms with Gasteiger partial charge in [0.2, 0.25) is 0 Å². The van der Waals surface area contributed by atoms with Gasteiger partial charge in [0.25, 0.3) is 0 Å². The molecule has 0 amide bonds. The number of hydrogen-bond donors (Lipinski definition) is 1. The molecular formula is C13H20FN. The Hall–Kier alpha value is -0.890. The Balaban J connectivity index is 2.56. The molecule has 84 valence electrons. The van der Waals surface area contributed by atoms with Crippen molar-refractivity contribution in [3.8, 4) is 0 Å². The Kier molecular flexibility index (Phi) is 4.28. The summed E-state index contributed by atoms with van der Waals surface area (Å²) < 4.78 is 12.9. The van der Waals surface area contributed by atoms with Gasteiger partial charge in [0.1, 0.15) is 5.82 Å². The molecule has 0 heterocycles. The first-order chi connectivity index (χ1) is 7.09. The van der Waals surface area contributed by atoms with Gasteiger partial charge in [0.05, 0.1) is 0 Å². The lowest BCUT2D eigenvalue weighted by molar-refractivity contribution is 0.329. The van der Waals surface area contributed by atoms with Crippen molar-refractivity contribution in [2.24, 2.45) is 0 Å². The van der Waals surface area contributed by atoms with Crippen LogP contribution >= 0.6 is 0 Å². The number of nitrogens with one attached hydrogen (secondary N) is 1. The van der Waals surface area contributed by atoms with Gasteiger partial charge in [0, 0.05) is 12.1 Å². The third kappa shape index (κ3) is 3.63. The lowest BCUT2D eigenvalue weighted by atomic mass is 9.95. The van der Waals surface area contributed by atoms with Crippen molar-refractivity contribution in [2.45, 2.75) is 45.7 Å². The summed E-state index contributed by atoms with van der Waals surface area (Å²) in [6.07, 6.45) is 2.16. The summed E-state index contributed by atoms with van der Waals surface area (Å²) in [5.41, 5.74) is 1.16. The van der Waals surface area contributed by atoms with Crippen LogP contribution in [-0.2, 0) is 6.54 Å². The van der Waals surface area contributed by atoms with E-state index >= 15 is 0 Å². The smallest absolute Gasteiger partial charge is 0.123 e. The maximum absolute atomic E-state index is 12.9. The van der Waals surface area contributed by atoms with Crippen molar-refractivity contribution < 1.29 is 4.39 Å². The molecular weight excluding hydrogens is 189 g/mol. The SMILES string of the molecule is CCC(C)(CC)NCc1cccc(F)c1. The van der Waals surface area contributed by atoms with E-state index in [-0.39, 0.29) is 11.4 Å². The minimum Gasteiger partial charge on any atom is -0.307 e. The molecule has 0 radical (unpaired) electrons. The zero-order valence-corrected chi connectivity index (χ0v) is 9.81. The molecule has 0 aliphatic heterocycles. The van der Waals surface area contributed by atoms with Crippen LogP contribution in [0.25, 0.3) is 0 Å². The summed E-state index contributed by atoms with van der Waals surface area (Å²) in [5.74, 6) is -0.163. The molecule has 0 aliphatic carbocycles. The van der Waals surface area contributed by atoms with Crippen LogP contribution in [0, 0.1) is 5.82 Å². The molecule has 1 nitrogen and oxygen atoms in total. The fraction of sp³-hybridized carbons (Fsp3) is 0.538. The fourth-order valence-electron chi connectivity index (χ4n) is 1.46. The van der Waals surface area contributed by atoms with E-state index in [1.807, 2.05) is 6.07 Å². The zero-order valence-electron chi connectivity index (χ0n) is 9.81. The molecule has 15 heavy (non-hydrogen) atoms. The predicted molar refractivity (Wildman–Crippen MR) is 62.2 cm³/mol. The van der Waals surface area contributed by atoms with Crippen LogP contribution in [0.2, 0.25) is 0 Å². The van der Waals surface area contributed by atoms with Crippen LogP contribution in [0.5, 0.6) is 0 Å². The zero-order chi connectivity index (χ0) is 11.3. The van der Waals surface area contributed by atoms with Gasteiger partial charge in [-0.15, -0.1) is 0 Å². The third-order valence-electron chi connectivity index (χ3n) is 3.17. The van der Waals surface area contributed by atoms with Gasteiger partial charge >= 0.3 is 0 Å². The quantitative estimate of drug-likeness (QED) is 0.782. The van der Waals surface area contributed by atoms with Gasteiger partial charge in [-0.2, -0.15) is 0 Å². The van der Waals surface area contributed by atoms with E-state index < -0.39 is 0 Å². The first kappa shape index (κ1) is 12.2. The second-order valence-corrected chi connectivity index (χ2v) is 4.25. The van der Waals surface area contributed by atoms with Crippen LogP contribution < -0.4 is 5.32 Å². The largest absolute Gasteiger partial charge is 0.307 e. The minimum atomic E-state index is -0.163. The number of benzene rings is 1. The summed E-state index contributed by atoms with van der Waals surface area (Å²) in [7, 11) is 0. The molecule has 0 aromatic heterocycles. The molecule has 0 bridgehead atoms. The topological polar surface area (TPSA) is 12.0 Å². The van der Waals surface area contributed by atoms with Gasteiger partial charge in [-0.05, 0) is 37.5 Å². The van der Waals surface area contributed by atoms with Crippen molar-refractivity contribution in [1.82, 2.24) is 5.32 Å². The average molecular weight is 209 g/mol. The summed E-state index contributed by atoms with van der Waals surface area (Å²) in [4.78, 5) is 0. The van der Waals surface area contributed by atoms with Crippen molar-refractivity contribution in [1.29, 1.82) is 0 Å². The minimum absolute atomic E-state index is 0.159. The van der Waals surface area contributed by atoms with E-state index in [9.17, 15) is 4.39 Å². The fourth-order valence-corrected chi connectivity index (χ4v) is 1.46. The Bertz CT molecular complexity index is 305. The highest BCUT2D eigenvalue weighted by molar-refractivity contribution is 5.16. The molecule has 0 spiro atoms. The highest BCUT2D eigenvalue weighted by Crippen LogP contribution is 2.14. The lowest BCUT2D eigenvalue weighted by Gasteiger charge is -2.28. The Morgan fingerprint density at radius 3 is 2.47 bits per heavy atom. The maximum Gasteiger partial charge on any atom is 0.123 e. The second kappa shape index (κ2) is 5.26. The predicted octanol–water partition coefficient (Wildman–Crippen LogP) is 3.49. The normalized spacial score (nSPS) is 11.7. The van der Waals surface area contributed by atoms with E-state index in [1.165, 1.54) is 6.07 Å². The van der Waals surface area contributed by atoms with E-state index in [1.54, 1.807) is 12.1 Å². The molecule has 0 saturated heterocycles. The van der Waals surface area contributed by atoms with Gasteiger partial charge in [-0.1, -0.05) is 26.0 Å². The number of rotatable bonds is 5. The summed E-state index contributed by atoms with van der Waals surface area (Å²) in [6, 6.07) is 6.75. The highest BCUT2D eigenvalue weighted by atomic mass is 19.1. The van der Waals surface area contributed by atoms with Gasteiger partial charge < -0.3 is 5.32 Å². The van der Waals surface area contributed by atoms with Gasteiger partial charge in [0.15, 0.2) is 0 Å². The molecule has 1 N–H and O–H groups in total. The average Bonchev–Trinajstić information content (AvgIpc) is 2.26. The van der Waals surface area contributed by atoms with Gasteiger partial charge in [-0.3, -0.25) is 0 Å². The number of hydrogen-bond acceptors (Lipinski definition) is 1. The molecule has 1 aromatic carbocycles. The van der Waals surface area contributed by atoms with E-state index in [4.69, 9.17) is 0 Å². The van der Waals surface area contributed by atoms with Crippen molar-refractivity contribution in [2.75, 3.05) is 0 Å². The van der Waals surface area contributed by atoms with Gasteiger partial charge in [-0.25, -0.2) is 4.39 Å². The van der Waals surface area contributed by atoms with E-state index in [0.29, 0.717) is 0 Å². The summed E-state index contributed by atoms with van der Waals surface area (Å²) >= 11 is 0. The van der Waals surface area contributed by atoms with Crippen LogP contribution in [0.4, 0.5) is 4.39 Å². The summed E-state index contributed by atoms with van der Waals surface area (Å²) in [6.45, 7) is 7.27. The lowest BCUT2D eigenvalue weighted by Crippen LogP contribution is -2.40. The number of halogens is 1. The van der Waals surface area contributed by atoms with Crippen LogP contribution in [0.3, 0.4) is 0 Å². The van der Waals surface area contributed by atoms with Crippen molar-refractivity contribution >= 4 is 0 Å². The molecule has 0 atom stereocenters. The summed E-state index contributed by atoms with van der Waals surface area (Å²) in [5, 5.41) is 3.47. The van der Waals surface area contributed by atoms with E-state index in [0.717, 1.165) is 24.9 Å². The monoisotopic (exact) mass is 209 g/mol. The van der Waals surface area contributed by atoms with Crippen LogP contribution in [-0.4, -0.2) is 5.54 Å².